The number of hydrogen-bond donors (Lipinski definition) is 0. The summed E-state index contributed by atoms with van der Waals surface area (Å²) in [7, 11) is 1.69. The summed E-state index contributed by atoms with van der Waals surface area (Å²) in [5, 5.41) is 0.497. The Morgan fingerprint density at radius 3 is 2.50 bits per heavy atom. The Kier molecular flexibility index (Phi) is 2.43. The number of imidazole rings is 1. The molecule has 7 nitrogen and oxygen atoms in total. The van der Waals surface area contributed by atoms with Crippen molar-refractivity contribution in [1.29, 1.82) is 0 Å². The van der Waals surface area contributed by atoms with Crippen LogP contribution in [0.4, 0.5) is 0 Å². The molecular weight excluding hydrogens is 214 g/mol. The van der Waals surface area contributed by atoms with Crippen molar-refractivity contribution < 1.29 is 19.2 Å². The van der Waals surface area contributed by atoms with Crippen LogP contribution in [-0.4, -0.2) is 32.4 Å². The smallest absolute Gasteiger partial charge is 0.340 e. The van der Waals surface area contributed by atoms with Crippen LogP contribution in [0.2, 0.25) is 0 Å². The van der Waals surface area contributed by atoms with Crippen molar-refractivity contribution in [2.45, 2.75) is 12.8 Å². The first-order valence-electron chi connectivity index (χ1n) is 4.64. The molecule has 0 saturated carbocycles. The molecular formula is C9H9N3O4. The Labute approximate surface area is 90.6 Å². The second-order valence-electron chi connectivity index (χ2n) is 3.38. The van der Waals surface area contributed by atoms with Crippen LogP contribution < -0.4 is 0 Å². The lowest BCUT2D eigenvalue weighted by molar-refractivity contribution is -0.172. The number of hydroxylamine groups is 2. The number of aryl methyl sites for hydroxylation is 1. The molecule has 0 bridgehead atoms. The molecule has 1 aliphatic rings. The van der Waals surface area contributed by atoms with E-state index in [-0.39, 0.29) is 18.5 Å². The molecule has 0 aliphatic carbocycles. The first-order chi connectivity index (χ1) is 7.58. The lowest BCUT2D eigenvalue weighted by atomic mass is 10.4. The molecule has 2 heterocycles. The van der Waals surface area contributed by atoms with E-state index in [1.165, 1.54) is 12.5 Å². The number of carbonyl (C=O) groups is 3. The third-order valence-electron chi connectivity index (χ3n) is 2.09. The molecule has 1 saturated heterocycles. The SMILES string of the molecule is Cn1cnc(C(=O)ON2C(=O)CCC2=O)c1. The monoisotopic (exact) mass is 223 g/mol. The van der Waals surface area contributed by atoms with Gasteiger partial charge in [0.1, 0.15) is 0 Å². The highest BCUT2D eigenvalue weighted by molar-refractivity contribution is 6.02. The van der Waals surface area contributed by atoms with Crippen molar-refractivity contribution in [2.75, 3.05) is 0 Å². The quantitative estimate of drug-likeness (QED) is 0.639. The van der Waals surface area contributed by atoms with Gasteiger partial charge in [-0.05, 0) is 0 Å². The average Bonchev–Trinajstić information content (AvgIpc) is 2.79. The molecule has 2 amide bonds. The molecule has 0 unspecified atom stereocenters. The molecule has 1 aliphatic heterocycles. The van der Waals surface area contributed by atoms with E-state index in [1.807, 2.05) is 0 Å². The standard InChI is InChI=1S/C9H9N3O4/c1-11-4-6(10-5-11)9(15)16-12-7(13)2-3-8(12)14/h4-5H,2-3H2,1H3. The van der Waals surface area contributed by atoms with Gasteiger partial charge >= 0.3 is 5.97 Å². The summed E-state index contributed by atoms with van der Waals surface area (Å²) >= 11 is 0. The van der Waals surface area contributed by atoms with E-state index < -0.39 is 17.8 Å². The van der Waals surface area contributed by atoms with Crippen LogP contribution >= 0.6 is 0 Å². The molecule has 1 aromatic heterocycles. The van der Waals surface area contributed by atoms with E-state index in [9.17, 15) is 14.4 Å². The van der Waals surface area contributed by atoms with E-state index in [0.29, 0.717) is 5.06 Å². The molecule has 2 rings (SSSR count). The maximum absolute atomic E-state index is 11.5. The Balaban J connectivity index is 2.08. The third kappa shape index (κ3) is 1.79. The molecule has 0 aromatic carbocycles. The first-order valence-corrected chi connectivity index (χ1v) is 4.64. The molecule has 0 atom stereocenters. The average molecular weight is 223 g/mol. The van der Waals surface area contributed by atoms with Gasteiger partial charge in [0.15, 0.2) is 5.69 Å². The minimum absolute atomic E-state index is 0.0509. The lowest BCUT2D eigenvalue weighted by Gasteiger charge is -2.10. The first kappa shape index (κ1) is 10.3. The van der Waals surface area contributed by atoms with Crippen LogP contribution in [0, 0.1) is 0 Å². The summed E-state index contributed by atoms with van der Waals surface area (Å²) in [5.41, 5.74) is 0.0509. The fourth-order valence-electron chi connectivity index (χ4n) is 1.31. The van der Waals surface area contributed by atoms with Crippen LogP contribution in [-0.2, 0) is 21.5 Å². The number of carbonyl (C=O) groups excluding carboxylic acids is 3. The largest absolute Gasteiger partial charge is 0.383 e. The third-order valence-corrected chi connectivity index (χ3v) is 2.09. The van der Waals surface area contributed by atoms with Gasteiger partial charge in [0.2, 0.25) is 0 Å². The van der Waals surface area contributed by atoms with Crippen LogP contribution in [0.5, 0.6) is 0 Å². The van der Waals surface area contributed by atoms with Gasteiger partial charge in [0.25, 0.3) is 11.8 Å². The summed E-state index contributed by atoms with van der Waals surface area (Å²) in [6.07, 6.45) is 3.01. The van der Waals surface area contributed by atoms with Gasteiger partial charge in [0, 0.05) is 26.1 Å². The number of nitrogens with zero attached hydrogens (tertiary/aromatic N) is 3. The zero-order valence-electron chi connectivity index (χ0n) is 8.54. The second-order valence-corrected chi connectivity index (χ2v) is 3.38. The van der Waals surface area contributed by atoms with Crippen molar-refractivity contribution in [3.05, 3.63) is 18.2 Å². The van der Waals surface area contributed by atoms with Crippen LogP contribution in [0.1, 0.15) is 23.3 Å². The number of rotatable bonds is 2. The number of hydrogen-bond acceptors (Lipinski definition) is 5. The molecule has 7 heteroatoms. The lowest BCUT2D eigenvalue weighted by Crippen LogP contribution is -2.32. The van der Waals surface area contributed by atoms with Gasteiger partial charge in [-0.3, -0.25) is 9.59 Å². The fraction of sp³-hybridized carbons (Fsp3) is 0.333. The van der Waals surface area contributed by atoms with Crippen LogP contribution in [0.3, 0.4) is 0 Å². The molecule has 1 fully saturated rings. The van der Waals surface area contributed by atoms with E-state index in [0.717, 1.165) is 0 Å². The topological polar surface area (TPSA) is 81.5 Å². The number of imide groups is 1. The van der Waals surface area contributed by atoms with Crippen LogP contribution in [0.15, 0.2) is 12.5 Å². The Morgan fingerprint density at radius 1 is 1.38 bits per heavy atom. The minimum Gasteiger partial charge on any atom is -0.340 e. The summed E-state index contributed by atoms with van der Waals surface area (Å²) in [6.45, 7) is 0. The molecule has 0 radical (unpaired) electrons. The summed E-state index contributed by atoms with van der Waals surface area (Å²) in [4.78, 5) is 42.2. The zero-order valence-corrected chi connectivity index (χ0v) is 8.54. The van der Waals surface area contributed by atoms with Gasteiger partial charge in [0.05, 0.1) is 6.33 Å². The predicted molar refractivity (Wildman–Crippen MR) is 49.7 cm³/mol. The number of aromatic nitrogens is 2. The minimum atomic E-state index is -0.816. The van der Waals surface area contributed by atoms with Crippen molar-refractivity contribution in [1.82, 2.24) is 14.6 Å². The van der Waals surface area contributed by atoms with Gasteiger partial charge in [-0.15, -0.1) is 5.06 Å². The maximum Gasteiger partial charge on any atom is 0.383 e. The molecule has 0 N–H and O–H groups in total. The van der Waals surface area contributed by atoms with E-state index in [2.05, 4.69) is 9.82 Å². The number of amides is 2. The van der Waals surface area contributed by atoms with Crippen molar-refractivity contribution >= 4 is 17.8 Å². The summed E-state index contributed by atoms with van der Waals surface area (Å²) < 4.78 is 1.56. The van der Waals surface area contributed by atoms with E-state index >= 15 is 0 Å². The Morgan fingerprint density at radius 2 is 2.00 bits per heavy atom. The highest BCUT2D eigenvalue weighted by atomic mass is 16.7. The van der Waals surface area contributed by atoms with Crippen LogP contribution in [0.25, 0.3) is 0 Å². The zero-order chi connectivity index (χ0) is 11.7. The van der Waals surface area contributed by atoms with Gasteiger partial charge < -0.3 is 9.40 Å². The normalized spacial score (nSPS) is 15.7. The van der Waals surface area contributed by atoms with E-state index in [4.69, 9.17) is 0 Å². The fourth-order valence-corrected chi connectivity index (χ4v) is 1.31. The molecule has 16 heavy (non-hydrogen) atoms. The van der Waals surface area contributed by atoms with Crippen molar-refractivity contribution in [3.8, 4) is 0 Å². The van der Waals surface area contributed by atoms with Gasteiger partial charge in [-0.25, -0.2) is 9.78 Å². The highest BCUT2D eigenvalue weighted by Crippen LogP contribution is 2.13. The molecule has 1 aromatic rings. The Bertz CT molecular complexity index is 449. The van der Waals surface area contributed by atoms with Gasteiger partial charge in [-0.1, -0.05) is 0 Å². The molecule has 0 spiro atoms. The molecule has 84 valence electrons. The highest BCUT2D eigenvalue weighted by Gasteiger charge is 2.33. The van der Waals surface area contributed by atoms with Crippen molar-refractivity contribution in [2.24, 2.45) is 7.05 Å². The summed E-state index contributed by atoms with van der Waals surface area (Å²) in [5.74, 6) is -1.83. The van der Waals surface area contributed by atoms with Crippen molar-refractivity contribution in [3.63, 3.8) is 0 Å². The Hall–Kier alpha value is -2.18. The predicted octanol–water partition coefficient (Wildman–Crippen LogP) is -0.359. The summed E-state index contributed by atoms with van der Waals surface area (Å²) in [6, 6.07) is 0. The van der Waals surface area contributed by atoms with E-state index in [1.54, 1.807) is 11.6 Å². The van der Waals surface area contributed by atoms with Gasteiger partial charge in [-0.2, -0.15) is 0 Å². The maximum atomic E-state index is 11.5. The second kappa shape index (κ2) is 3.76.